The van der Waals surface area contributed by atoms with Gasteiger partial charge >= 0.3 is 0 Å². The van der Waals surface area contributed by atoms with Crippen LogP contribution in [0.4, 0.5) is 5.82 Å². The van der Waals surface area contributed by atoms with Gasteiger partial charge in [-0.25, -0.2) is 13.4 Å². The van der Waals surface area contributed by atoms with Gasteiger partial charge in [0, 0.05) is 19.2 Å². The maximum absolute atomic E-state index is 12.7. The van der Waals surface area contributed by atoms with Crippen LogP contribution in [0.5, 0.6) is 11.5 Å². The van der Waals surface area contributed by atoms with E-state index in [2.05, 4.69) is 4.98 Å². The molecule has 1 aromatic carbocycles. The van der Waals surface area contributed by atoms with Crippen molar-refractivity contribution < 1.29 is 27.6 Å². The van der Waals surface area contributed by atoms with Crippen molar-refractivity contribution in [1.82, 2.24) is 4.31 Å². The molecule has 152 valence electrons. The van der Waals surface area contributed by atoms with E-state index < -0.39 is 10.0 Å². The number of sulfonamides is 1. The number of anilines is 1. The van der Waals surface area contributed by atoms with Gasteiger partial charge in [-0.05, 0) is 23.8 Å². The van der Waals surface area contributed by atoms with Gasteiger partial charge in [0.15, 0.2) is 11.5 Å². The van der Waals surface area contributed by atoms with Gasteiger partial charge in [-0.2, -0.15) is 4.31 Å². The van der Waals surface area contributed by atoms with E-state index in [1.165, 1.54) is 10.5 Å². The summed E-state index contributed by atoms with van der Waals surface area (Å²) in [5.74, 6) is 2.15. The smallest absolute Gasteiger partial charge is 0.274 e. The molecule has 2 aromatic rings. The minimum absolute atomic E-state index is 0.248. The number of rotatable bonds is 7. The number of ether oxygens (including phenoxy) is 3. The van der Waals surface area contributed by atoms with Gasteiger partial charge in [0.1, 0.15) is 17.6 Å². The normalized spacial score (nSPS) is 15.2. The number of pyridine rings is 1. The lowest BCUT2D eigenvalue weighted by molar-refractivity contribution is -0.367. The summed E-state index contributed by atoms with van der Waals surface area (Å²) in [7, 11) is 1.63. The quantitative estimate of drug-likeness (QED) is 0.684. The number of morpholine rings is 1. The van der Waals surface area contributed by atoms with Crippen LogP contribution in [0.2, 0.25) is 0 Å². The molecule has 1 N–H and O–H groups in total. The lowest BCUT2D eigenvalue weighted by atomic mass is 10.2. The summed E-state index contributed by atoms with van der Waals surface area (Å²) in [6.45, 7) is 2.23. The van der Waals surface area contributed by atoms with Crippen molar-refractivity contribution in [3.63, 3.8) is 0 Å². The minimum Gasteiger partial charge on any atom is -0.493 e. The number of benzene rings is 1. The lowest BCUT2D eigenvalue weighted by Gasteiger charge is -2.25. The van der Waals surface area contributed by atoms with Gasteiger partial charge in [-0.1, -0.05) is 6.07 Å². The molecule has 0 atom stereocenters. The van der Waals surface area contributed by atoms with Crippen LogP contribution in [0.3, 0.4) is 0 Å². The third kappa shape index (κ3) is 4.37. The summed E-state index contributed by atoms with van der Waals surface area (Å²) in [5, 5.41) is 0. The van der Waals surface area contributed by atoms with E-state index >= 15 is 0 Å². The predicted octanol–water partition coefficient (Wildman–Crippen LogP) is 1.18. The monoisotopic (exact) mass is 408 g/mol. The molecule has 1 saturated heterocycles. The summed E-state index contributed by atoms with van der Waals surface area (Å²) >= 11 is 0. The molecule has 1 aliphatic heterocycles. The third-order valence-corrected chi connectivity index (χ3v) is 6.55. The fourth-order valence-corrected chi connectivity index (χ4v) is 4.45. The van der Waals surface area contributed by atoms with E-state index in [1.54, 1.807) is 26.4 Å². The average Bonchev–Trinajstić information content (AvgIpc) is 2.74. The molecule has 0 unspecified atom stereocenters. The molecule has 0 saturated carbocycles. The van der Waals surface area contributed by atoms with Crippen molar-refractivity contribution >= 4 is 15.8 Å². The van der Waals surface area contributed by atoms with Crippen LogP contribution in [0.1, 0.15) is 5.56 Å². The van der Waals surface area contributed by atoms with Crippen LogP contribution < -0.4 is 19.4 Å². The Labute approximate surface area is 165 Å². The van der Waals surface area contributed by atoms with Gasteiger partial charge in [0.25, 0.3) is 5.82 Å². The fraction of sp³-hybridized carbons (Fsp3) is 0.421. The molecular formula is C19H26N3O5S+. The van der Waals surface area contributed by atoms with Gasteiger partial charge in [0.05, 0.1) is 34.5 Å². The van der Waals surface area contributed by atoms with E-state index in [1.807, 2.05) is 30.1 Å². The Morgan fingerprint density at radius 1 is 1.11 bits per heavy atom. The zero-order valence-corrected chi connectivity index (χ0v) is 17.2. The molecule has 9 heteroatoms. The largest absolute Gasteiger partial charge is 0.493 e. The van der Waals surface area contributed by atoms with Gasteiger partial charge < -0.3 is 14.2 Å². The molecule has 28 heavy (non-hydrogen) atoms. The minimum atomic E-state index is -3.51. The lowest BCUT2D eigenvalue weighted by Crippen LogP contribution is -2.41. The number of aromatic amines is 1. The molecule has 2 heterocycles. The first-order valence-corrected chi connectivity index (χ1v) is 10.4. The number of hydrogen-bond donors (Lipinski definition) is 0. The van der Waals surface area contributed by atoms with Crippen LogP contribution in [0, 0.1) is 0 Å². The maximum Gasteiger partial charge on any atom is 0.274 e. The zero-order valence-electron chi connectivity index (χ0n) is 16.3. The summed E-state index contributed by atoms with van der Waals surface area (Å²) < 4.78 is 42.7. The van der Waals surface area contributed by atoms with Crippen molar-refractivity contribution in [3.05, 3.63) is 42.1 Å². The highest BCUT2D eigenvalue weighted by Gasteiger charge is 2.27. The first kappa shape index (κ1) is 20.4. The second-order valence-corrected chi connectivity index (χ2v) is 8.41. The van der Waals surface area contributed by atoms with Crippen LogP contribution in [0.15, 0.2) is 41.4 Å². The Morgan fingerprint density at radius 2 is 1.82 bits per heavy atom. The highest BCUT2D eigenvalue weighted by Crippen LogP contribution is 2.28. The van der Waals surface area contributed by atoms with Gasteiger partial charge in [-0.15, -0.1) is 0 Å². The van der Waals surface area contributed by atoms with E-state index in [-0.39, 0.29) is 4.90 Å². The highest BCUT2D eigenvalue weighted by atomic mass is 32.2. The highest BCUT2D eigenvalue weighted by molar-refractivity contribution is 7.89. The summed E-state index contributed by atoms with van der Waals surface area (Å²) in [4.78, 5) is 5.33. The van der Waals surface area contributed by atoms with Crippen LogP contribution >= 0.6 is 0 Å². The molecule has 0 bridgehead atoms. The van der Waals surface area contributed by atoms with Crippen molar-refractivity contribution in [2.75, 3.05) is 52.5 Å². The molecule has 1 aromatic heterocycles. The number of nitrogens with zero attached hydrogens (tertiary/aromatic N) is 2. The summed E-state index contributed by atoms with van der Waals surface area (Å²) in [5.41, 5.74) is 1.04. The number of methoxy groups -OCH3 is 2. The number of H-pyrrole nitrogens is 1. The van der Waals surface area contributed by atoms with Crippen LogP contribution in [0.25, 0.3) is 0 Å². The third-order valence-electron chi connectivity index (χ3n) is 4.65. The number of hydrogen-bond acceptors (Lipinski definition) is 6. The maximum atomic E-state index is 12.7. The van der Waals surface area contributed by atoms with Crippen molar-refractivity contribution in [2.24, 2.45) is 0 Å². The first-order chi connectivity index (χ1) is 13.5. The Kier molecular flexibility index (Phi) is 6.38. The molecule has 0 amide bonds. The standard InChI is InChI=1S/C19H25N3O5S/c1-21(14-15-4-6-17(25-2)18(12-15)26-3)19-7-5-16(13-20-19)28(23,24)22-8-10-27-11-9-22/h4-7,12-13H,8-11,14H2,1-3H3/p+1. The summed E-state index contributed by atoms with van der Waals surface area (Å²) in [6.07, 6.45) is 1.53. The zero-order chi connectivity index (χ0) is 20.1. The van der Waals surface area contributed by atoms with E-state index in [0.29, 0.717) is 44.3 Å². The Morgan fingerprint density at radius 3 is 2.43 bits per heavy atom. The SMILES string of the molecule is COc1ccc(CN(C)c2ccc(S(=O)(=O)N3CCOCC3)c[nH+]2)cc1OC. The van der Waals surface area contributed by atoms with Crippen LogP contribution in [-0.4, -0.2) is 60.3 Å². The van der Waals surface area contributed by atoms with E-state index in [4.69, 9.17) is 14.2 Å². The van der Waals surface area contributed by atoms with Gasteiger partial charge in [-0.3, -0.25) is 4.90 Å². The molecule has 0 spiro atoms. The predicted molar refractivity (Wildman–Crippen MR) is 104 cm³/mol. The van der Waals surface area contributed by atoms with Crippen LogP contribution in [-0.2, 0) is 21.3 Å². The van der Waals surface area contributed by atoms with Crippen molar-refractivity contribution in [2.45, 2.75) is 11.4 Å². The Bertz CT molecular complexity index is 896. The molecule has 3 rings (SSSR count). The van der Waals surface area contributed by atoms with E-state index in [9.17, 15) is 8.42 Å². The molecule has 8 nitrogen and oxygen atoms in total. The van der Waals surface area contributed by atoms with Crippen molar-refractivity contribution in [3.8, 4) is 11.5 Å². The van der Waals surface area contributed by atoms with Crippen molar-refractivity contribution in [1.29, 1.82) is 0 Å². The average molecular weight is 409 g/mol. The molecule has 1 fully saturated rings. The molecule has 0 aliphatic carbocycles. The Balaban J connectivity index is 1.72. The second-order valence-electron chi connectivity index (χ2n) is 6.47. The summed E-state index contributed by atoms with van der Waals surface area (Å²) in [6, 6.07) is 9.15. The first-order valence-electron chi connectivity index (χ1n) is 8.97. The second kappa shape index (κ2) is 8.76. The van der Waals surface area contributed by atoms with E-state index in [0.717, 1.165) is 11.4 Å². The number of aromatic nitrogens is 1. The van der Waals surface area contributed by atoms with Gasteiger partial charge in [0.2, 0.25) is 10.0 Å². The molecular weight excluding hydrogens is 382 g/mol. The fourth-order valence-electron chi connectivity index (χ4n) is 3.07. The number of nitrogens with one attached hydrogen (secondary N) is 1. The topological polar surface area (TPSA) is 82.5 Å². The molecule has 1 aliphatic rings. The molecule has 0 radical (unpaired) electrons. The Hall–Kier alpha value is -2.36.